The fourth-order valence-electron chi connectivity index (χ4n) is 3.50. The Morgan fingerprint density at radius 3 is 2.44 bits per heavy atom. The van der Waals surface area contributed by atoms with E-state index in [0.29, 0.717) is 0 Å². The molecule has 0 aliphatic carbocycles. The van der Waals surface area contributed by atoms with Crippen molar-refractivity contribution in [2.45, 2.75) is 26.7 Å². The number of ether oxygens (including phenoxy) is 1. The highest BCUT2D eigenvalue weighted by Gasteiger charge is 2.26. The first-order valence-electron chi connectivity index (χ1n) is 9.27. The largest absolute Gasteiger partial charge is 0.379 e. The Morgan fingerprint density at radius 1 is 1.16 bits per heavy atom. The molecule has 1 aromatic heterocycles. The standard InChI is InChI=1S/C18H29N5O2/c1-14-13-15(2)21-18(20-14)23-6-3-16(4-7-23)17(24)19-5-8-22-9-11-25-12-10-22/h13,16H,3-12H2,1-2H3,(H,19,24). The van der Waals surface area contributed by atoms with Crippen LogP contribution >= 0.6 is 0 Å². The Balaban J connectivity index is 1.41. The monoisotopic (exact) mass is 347 g/mol. The van der Waals surface area contributed by atoms with Gasteiger partial charge in [0.1, 0.15) is 0 Å². The van der Waals surface area contributed by atoms with Crippen LogP contribution in [0.15, 0.2) is 6.07 Å². The van der Waals surface area contributed by atoms with Crippen LogP contribution in [0.4, 0.5) is 5.95 Å². The number of nitrogens with zero attached hydrogens (tertiary/aromatic N) is 4. The van der Waals surface area contributed by atoms with Gasteiger partial charge in [-0.05, 0) is 32.8 Å². The molecule has 1 N–H and O–H groups in total. The topological polar surface area (TPSA) is 70.6 Å². The lowest BCUT2D eigenvalue weighted by atomic mass is 9.96. The molecule has 7 nitrogen and oxygen atoms in total. The third-order valence-electron chi connectivity index (χ3n) is 4.95. The summed E-state index contributed by atoms with van der Waals surface area (Å²) in [6, 6.07) is 1.98. The maximum Gasteiger partial charge on any atom is 0.225 e. The number of carbonyl (C=O) groups is 1. The van der Waals surface area contributed by atoms with Crippen molar-refractivity contribution in [3.8, 4) is 0 Å². The van der Waals surface area contributed by atoms with Gasteiger partial charge in [0, 0.05) is 56.6 Å². The molecule has 2 saturated heterocycles. The zero-order valence-electron chi connectivity index (χ0n) is 15.3. The van der Waals surface area contributed by atoms with Gasteiger partial charge in [0.25, 0.3) is 0 Å². The van der Waals surface area contributed by atoms with Crippen LogP contribution in [0.25, 0.3) is 0 Å². The van der Waals surface area contributed by atoms with E-state index >= 15 is 0 Å². The smallest absolute Gasteiger partial charge is 0.225 e. The molecule has 1 aromatic rings. The van der Waals surface area contributed by atoms with E-state index in [1.807, 2.05) is 19.9 Å². The highest BCUT2D eigenvalue weighted by molar-refractivity contribution is 5.78. The third kappa shape index (κ3) is 5.12. The van der Waals surface area contributed by atoms with Crippen molar-refractivity contribution in [3.63, 3.8) is 0 Å². The molecular weight excluding hydrogens is 318 g/mol. The van der Waals surface area contributed by atoms with Gasteiger partial charge in [0.2, 0.25) is 11.9 Å². The van der Waals surface area contributed by atoms with Crippen molar-refractivity contribution < 1.29 is 9.53 Å². The summed E-state index contributed by atoms with van der Waals surface area (Å²) >= 11 is 0. The van der Waals surface area contributed by atoms with Crippen molar-refractivity contribution in [1.82, 2.24) is 20.2 Å². The van der Waals surface area contributed by atoms with Crippen LogP contribution in [-0.4, -0.2) is 73.3 Å². The highest BCUT2D eigenvalue weighted by atomic mass is 16.5. The van der Waals surface area contributed by atoms with E-state index in [0.717, 1.165) is 82.7 Å². The number of nitrogens with one attached hydrogen (secondary N) is 1. The number of rotatable bonds is 5. The molecule has 2 fully saturated rings. The molecule has 0 saturated carbocycles. The van der Waals surface area contributed by atoms with Gasteiger partial charge in [0.05, 0.1) is 13.2 Å². The van der Waals surface area contributed by atoms with Crippen molar-refractivity contribution >= 4 is 11.9 Å². The van der Waals surface area contributed by atoms with E-state index in [2.05, 4.69) is 25.1 Å². The molecule has 0 unspecified atom stereocenters. The number of carbonyl (C=O) groups excluding carboxylic acids is 1. The third-order valence-corrected chi connectivity index (χ3v) is 4.95. The number of aromatic nitrogens is 2. The summed E-state index contributed by atoms with van der Waals surface area (Å²) in [5.41, 5.74) is 1.98. The quantitative estimate of drug-likeness (QED) is 0.848. The average Bonchev–Trinajstić information content (AvgIpc) is 2.62. The maximum atomic E-state index is 12.4. The molecular formula is C18H29N5O2. The average molecular weight is 347 g/mol. The first-order chi connectivity index (χ1) is 12.1. The van der Waals surface area contributed by atoms with E-state index in [1.54, 1.807) is 0 Å². The number of piperidine rings is 1. The SMILES string of the molecule is Cc1cc(C)nc(N2CCC(C(=O)NCCN3CCOCC3)CC2)n1. The van der Waals surface area contributed by atoms with Gasteiger partial charge < -0.3 is 15.0 Å². The second-order valence-electron chi connectivity index (χ2n) is 6.96. The zero-order chi connectivity index (χ0) is 17.6. The molecule has 1 amide bonds. The fraction of sp³-hybridized carbons (Fsp3) is 0.722. The van der Waals surface area contributed by atoms with E-state index < -0.39 is 0 Å². The predicted molar refractivity (Wildman–Crippen MR) is 96.7 cm³/mol. The molecule has 0 bridgehead atoms. The lowest BCUT2D eigenvalue weighted by molar-refractivity contribution is -0.125. The Hall–Kier alpha value is -1.73. The van der Waals surface area contributed by atoms with E-state index in [-0.39, 0.29) is 11.8 Å². The number of morpholine rings is 1. The zero-order valence-corrected chi connectivity index (χ0v) is 15.3. The van der Waals surface area contributed by atoms with Crippen LogP contribution in [0.3, 0.4) is 0 Å². The predicted octanol–water partition coefficient (Wildman–Crippen LogP) is 0.758. The van der Waals surface area contributed by atoms with E-state index in [9.17, 15) is 4.79 Å². The van der Waals surface area contributed by atoms with Crippen LogP contribution < -0.4 is 10.2 Å². The summed E-state index contributed by atoms with van der Waals surface area (Å²) in [4.78, 5) is 26.0. The summed E-state index contributed by atoms with van der Waals surface area (Å²) in [7, 11) is 0. The molecule has 0 aromatic carbocycles. The number of hydrogen-bond donors (Lipinski definition) is 1. The van der Waals surface area contributed by atoms with E-state index in [1.165, 1.54) is 0 Å². The van der Waals surface area contributed by atoms with Crippen LogP contribution in [0, 0.1) is 19.8 Å². The normalized spacial score (nSPS) is 19.8. The molecule has 0 radical (unpaired) electrons. The summed E-state index contributed by atoms with van der Waals surface area (Å²) < 4.78 is 5.34. The van der Waals surface area contributed by atoms with Gasteiger partial charge in [-0.3, -0.25) is 9.69 Å². The lowest BCUT2D eigenvalue weighted by Crippen LogP contribution is -2.44. The Bertz CT molecular complexity index is 561. The minimum atomic E-state index is 0.104. The Labute approximate surface area is 149 Å². The summed E-state index contributed by atoms with van der Waals surface area (Å²) in [6.45, 7) is 10.8. The first-order valence-corrected chi connectivity index (χ1v) is 9.27. The molecule has 3 heterocycles. The highest BCUT2D eigenvalue weighted by Crippen LogP contribution is 2.21. The van der Waals surface area contributed by atoms with Crippen molar-refractivity contribution in [2.24, 2.45) is 5.92 Å². The minimum Gasteiger partial charge on any atom is -0.379 e. The molecule has 0 spiro atoms. The number of amides is 1. The fourth-order valence-corrected chi connectivity index (χ4v) is 3.50. The van der Waals surface area contributed by atoms with Crippen LogP contribution in [0.2, 0.25) is 0 Å². The molecule has 0 atom stereocenters. The van der Waals surface area contributed by atoms with Crippen molar-refractivity contribution in [3.05, 3.63) is 17.5 Å². The van der Waals surface area contributed by atoms with Gasteiger partial charge in [-0.25, -0.2) is 9.97 Å². The van der Waals surface area contributed by atoms with Crippen molar-refractivity contribution in [1.29, 1.82) is 0 Å². The summed E-state index contributed by atoms with van der Waals surface area (Å²) in [5, 5.41) is 3.10. The first kappa shape index (κ1) is 18.1. The number of aryl methyl sites for hydroxylation is 2. The van der Waals surface area contributed by atoms with Crippen LogP contribution in [0.5, 0.6) is 0 Å². The summed E-state index contributed by atoms with van der Waals surface area (Å²) in [6.07, 6.45) is 1.72. The van der Waals surface area contributed by atoms with Gasteiger partial charge in [0.15, 0.2) is 0 Å². The van der Waals surface area contributed by atoms with Crippen LogP contribution in [0.1, 0.15) is 24.2 Å². The molecule has 3 rings (SSSR count). The second kappa shape index (κ2) is 8.58. The Morgan fingerprint density at radius 2 is 1.80 bits per heavy atom. The van der Waals surface area contributed by atoms with Gasteiger partial charge in [-0.2, -0.15) is 0 Å². The van der Waals surface area contributed by atoms with Crippen LogP contribution in [-0.2, 0) is 9.53 Å². The molecule has 25 heavy (non-hydrogen) atoms. The lowest BCUT2D eigenvalue weighted by Gasteiger charge is -2.32. The molecule has 7 heteroatoms. The Kier molecular flexibility index (Phi) is 6.20. The molecule has 2 aliphatic heterocycles. The molecule has 138 valence electrons. The second-order valence-corrected chi connectivity index (χ2v) is 6.96. The van der Waals surface area contributed by atoms with Gasteiger partial charge in [-0.15, -0.1) is 0 Å². The van der Waals surface area contributed by atoms with Crippen molar-refractivity contribution in [2.75, 3.05) is 57.4 Å². The maximum absolute atomic E-state index is 12.4. The van der Waals surface area contributed by atoms with E-state index in [4.69, 9.17) is 4.74 Å². The van der Waals surface area contributed by atoms with Gasteiger partial charge in [-0.1, -0.05) is 0 Å². The number of anilines is 1. The number of hydrogen-bond acceptors (Lipinski definition) is 6. The summed E-state index contributed by atoms with van der Waals surface area (Å²) in [5.74, 6) is 1.09. The minimum absolute atomic E-state index is 0.104. The molecule has 2 aliphatic rings. The van der Waals surface area contributed by atoms with Gasteiger partial charge >= 0.3 is 0 Å².